The van der Waals surface area contributed by atoms with E-state index in [2.05, 4.69) is 10.1 Å². The Labute approximate surface area is 144 Å². The second-order valence-electron chi connectivity index (χ2n) is 6.71. The molecule has 2 fully saturated rings. The molecule has 0 aromatic heterocycles. The van der Waals surface area contributed by atoms with Gasteiger partial charge in [-0.1, -0.05) is 18.0 Å². The van der Waals surface area contributed by atoms with Crippen LogP contribution < -0.4 is 15.8 Å². The summed E-state index contributed by atoms with van der Waals surface area (Å²) in [5.74, 6) is 0.605. The third kappa shape index (κ3) is 3.81. The number of anilines is 1. The Balaban J connectivity index is 1.64. The lowest BCUT2D eigenvalue weighted by atomic mass is 9.65. The number of alkyl halides is 2. The lowest BCUT2D eigenvalue weighted by Gasteiger charge is -2.43. The fourth-order valence-corrected chi connectivity index (χ4v) is 4.24. The number of hydrogen-bond acceptors (Lipinski definition) is 3. The first-order valence-electron chi connectivity index (χ1n) is 8.25. The Kier molecular flexibility index (Phi) is 5.25. The SMILES string of the molecule is NC1C2CCCC1CC(C(=O)Nc1ccc(OC(F)F)c(Cl)c1)C2. The summed E-state index contributed by atoms with van der Waals surface area (Å²) in [7, 11) is 0. The van der Waals surface area contributed by atoms with E-state index in [0.29, 0.717) is 17.5 Å². The van der Waals surface area contributed by atoms with Crippen LogP contribution in [-0.2, 0) is 4.79 Å². The summed E-state index contributed by atoms with van der Waals surface area (Å²) in [5, 5.41) is 2.87. The first-order chi connectivity index (χ1) is 11.4. The van der Waals surface area contributed by atoms with Crippen LogP contribution in [0.25, 0.3) is 0 Å². The number of rotatable bonds is 4. The molecule has 2 atom stereocenters. The van der Waals surface area contributed by atoms with Crippen LogP contribution in [0.15, 0.2) is 18.2 Å². The Hall–Kier alpha value is -1.40. The van der Waals surface area contributed by atoms with E-state index in [0.717, 1.165) is 25.7 Å². The van der Waals surface area contributed by atoms with Gasteiger partial charge >= 0.3 is 6.61 Å². The average molecular weight is 359 g/mol. The summed E-state index contributed by atoms with van der Waals surface area (Å²) in [6.07, 6.45) is 4.99. The summed E-state index contributed by atoms with van der Waals surface area (Å²) in [6, 6.07) is 4.47. The third-order valence-corrected chi connectivity index (χ3v) is 5.49. The first kappa shape index (κ1) is 17.4. The molecule has 0 spiro atoms. The molecule has 1 aromatic carbocycles. The van der Waals surface area contributed by atoms with Crippen molar-refractivity contribution in [1.82, 2.24) is 0 Å². The molecule has 2 saturated carbocycles. The number of amides is 1. The molecule has 2 aliphatic carbocycles. The Morgan fingerprint density at radius 1 is 1.29 bits per heavy atom. The standard InChI is InChI=1S/C17H21ClF2N2O2/c18-13-8-12(4-5-14(13)24-17(19)20)22-16(23)11-6-9-2-1-3-10(7-11)15(9)21/h4-5,8-11,15,17H,1-3,6-7,21H2,(H,22,23). The van der Waals surface area contributed by atoms with E-state index in [1.165, 1.54) is 24.6 Å². The van der Waals surface area contributed by atoms with Crippen molar-refractivity contribution in [2.75, 3.05) is 5.32 Å². The van der Waals surface area contributed by atoms with Crippen LogP contribution in [0.5, 0.6) is 5.75 Å². The van der Waals surface area contributed by atoms with E-state index in [-0.39, 0.29) is 28.6 Å². The van der Waals surface area contributed by atoms with Crippen molar-refractivity contribution >= 4 is 23.2 Å². The molecule has 24 heavy (non-hydrogen) atoms. The summed E-state index contributed by atoms with van der Waals surface area (Å²) < 4.78 is 28.8. The Bertz CT molecular complexity index is 600. The number of carbonyl (C=O) groups is 1. The van der Waals surface area contributed by atoms with Crippen molar-refractivity contribution in [2.24, 2.45) is 23.5 Å². The van der Waals surface area contributed by atoms with E-state index in [1.54, 1.807) is 0 Å². The molecule has 0 saturated heterocycles. The van der Waals surface area contributed by atoms with Crippen molar-refractivity contribution in [1.29, 1.82) is 0 Å². The predicted octanol–water partition coefficient (Wildman–Crippen LogP) is 4.03. The number of carbonyl (C=O) groups excluding carboxylic acids is 1. The lowest BCUT2D eigenvalue weighted by Crippen LogP contribution is -2.48. The highest BCUT2D eigenvalue weighted by Crippen LogP contribution is 2.42. The number of hydrogen-bond donors (Lipinski definition) is 2. The summed E-state index contributed by atoms with van der Waals surface area (Å²) in [5.41, 5.74) is 6.73. The van der Waals surface area contributed by atoms with Crippen LogP contribution >= 0.6 is 11.6 Å². The Morgan fingerprint density at radius 2 is 1.96 bits per heavy atom. The topological polar surface area (TPSA) is 64.4 Å². The molecule has 132 valence electrons. The van der Waals surface area contributed by atoms with Gasteiger partial charge in [-0.2, -0.15) is 8.78 Å². The molecular formula is C17H21ClF2N2O2. The second kappa shape index (κ2) is 7.23. The normalized spacial score (nSPS) is 29.4. The number of ether oxygens (including phenoxy) is 1. The molecule has 2 bridgehead atoms. The minimum absolute atomic E-state index is 0.0376. The van der Waals surface area contributed by atoms with E-state index in [4.69, 9.17) is 17.3 Å². The molecule has 1 aromatic rings. The van der Waals surface area contributed by atoms with Crippen molar-refractivity contribution in [3.63, 3.8) is 0 Å². The maximum absolute atomic E-state index is 12.5. The number of benzene rings is 1. The fourth-order valence-electron chi connectivity index (χ4n) is 4.02. The monoisotopic (exact) mass is 358 g/mol. The highest BCUT2D eigenvalue weighted by atomic mass is 35.5. The van der Waals surface area contributed by atoms with E-state index >= 15 is 0 Å². The molecule has 2 aliphatic rings. The van der Waals surface area contributed by atoms with Crippen LogP contribution in [0.4, 0.5) is 14.5 Å². The van der Waals surface area contributed by atoms with Gasteiger partial charge in [-0.15, -0.1) is 0 Å². The minimum atomic E-state index is -2.94. The van der Waals surface area contributed by atoms with Crippen LogP contribution in [0.3, 0.4) is 0 Å². The molecule has 4 nitrogen and oxygen atoms in total. The number of nitrogens with one attached hydrogen (secondary N) is 1. The van der Waals surface area contributed by atoms with Crippen LogP contribution in [0.1, 0.15) is 32.1 Å². The summed E-state index contributed by atoms with van der Waals surface area (Å²) in [4.78, 5) is 12.5. The molecule has 1 amide bonds. The van der Waals surface area contributed by atoms with Gasteiger partial charge in [0.2, 0.25) is 5.91 Å². The van der Waals surface area contributed by atoms with Crippen LogP contribution in [0.2, 0.25) is 5.02 Å². The zero-order valence-corrected chi connectivity index (χ0v) is 13.9. The molecule has 3 rings (SSSR count). The van der Waals surface area contributed by atoms with Gasteiger partial charge in [-0.25, -0.2) is 0 Å². The third-order valence-electron chi connectivity index (χ3n) is 5.20. The fraction of sp³-hybridized carbons (Fsp3) is 0.588. The maximum Gasteiger partial charge on any atom is 0.387 e. The van der Waals surface area contributed by atoms with Gasteiger partial charge in [0.15, 0.2) is 0 Å². The van der Waals surface area contributed by atoms with Crippen LogP contribution in [0, 0.1) is 17.8 Å². The lowest BCUT2D eigenvalue weighted by molar-refractivity contribution is -0.122. The van der Waals surface area contributed by atoms with Crippen molar-refractivity contribution in [2.45, 2.75) is 44.8 Å². The molecule has 0 radical (unpaired) electrons. The van der Waals surface area contributed by atoms with E-state index < -0.39 is 6.61 Å². The van der Waals surface area contributed by atoms with Gasteiger partial charge in [0.05, 0.1) is 5.02 Å². The molecule has 0 heterocycles. The number of halogens is 3. The average Bonchev–Trinajstić information content (AvgIpc) is 2.49. The van der Waals surface area contributed by atoms with Crippen molar-refractivity contribution in [3.05, 3.63) is 23.2 Å². The molecule has 0 aliphatic heterocycles. The van der Waals surface area contributed by atoms with Gasteiger partial charge in [0.25, 0.3) is 0 Å². The van der Waals surface area contributed by atoms with Crippen molar-refractivity contribution < 1.29 is 18.3 Å². The first-order valence-corrected chi connectivity index (χ1v) is 8.62. The zero-order chi connectivity index (χ0) is 17.3. The van der Waals surface area contributed by atoms with E-state index in [9.17, 15) is 13.6 Å². The minimum Gasteiger partial charge on any atom is -0.433 e. The molecule has 7 heteroatoms. The van der Waals surface area contributed by atoms with Gasteiger partial charge < -0.3 is 15.8 Å². The highest BCUT2D eigenvalue weighted by Gasteiger charge is 2.40. The molecule has 2 unspecified atom stereocenters. The van der Waals surface area contributed by atoms with E-state index in [1.807, 2.05) is 0 Å². The predicted molar refractivity (Wildman–Crippen MR) is 88.2 cm³/mol. The summed E-state index contributed by atoms with van der Waals surface area (Å²) in [6.45, 7) is -2.94. The maximum atomic E-state index is 12.5. The van der Waals surface area contributed by atoms with Crippen LogP contribution in [-0.4, -0.2) is 18.6 Å². The number of fused-ring (bicyclic) bond motifs is 2. The van der Waals surface area contributed by atoms with Gasteiger partial charge in [-0.3, -0.25) is 4.79 Å². The highest BCUT2D eigenvalue weighted by molar-refractivity contribution is 6.32. The largest absolute Gasteiger partial charge is 0.433 e. The zero-order valence-electron chi connectivity index (χ0n) is 13.2. The smallest absolute Gasteiger partial charge is 0.387 e. The van der Waals surface area contributed by atoms with Gasteiger partial charge in [0, 0.05) is 17.6 Å². The number of nitrogens with two attached hydrogens (primary N) is 1. The van der Waals surface area contributed by atoms with Gasteiger partial charge in [0.1, 0.15) is 5.75 Å². The van der Waals surface area contributed by atoms with Crippen molar-refractivity contribution in [3.8, 4) is 5.75 Å². The Morgan fingerprint density at radius 3 is 2.54 bits per heavy atom. The van der Waals surface area contributed by atoms with Gasteiger partial charge in [-0.05, 0) is 55.7 Å². The quantitative estimate of drug-likeness (QED) is 0.854. The molecule has 3 N–H and O–H groups in total. The summed E-state index contributed by atoms with van der Waals surface area (Å²) >= 11 is 5.91. The second-order valence-corrected chi connectivity index (χ2v) is 7.12. The molecular weight excluding hydrogens is 338 g/mol.